The molecule has 2 N–H and O–H groups in total. The fourth-order valence-corrected chi connectivity index (χ4v) is 6.44. The molecule has 226 valence electrons. The molecule has 0 unspecified atom stereocenters. The summed E-state index contributed by atoms with van der Waals surface area (Å²) in [4.78, 5) is 29.8. The quantitative estimate of drug-likeness (QED) is 0.233. The minimum absolute atomic E-state index is 0.180. The number of nitrogens with one attached hydrogen (secondary N) is 1. The normalized spacial score (nSPS) is 18.0. The number of rotatable bonds is 10. The monoisotopic (exact) mass is 669 g/mol. The minimum Gasteiger partial charge on any atom is -0.492 e. The predicted molar refractivity (Wildman–Crippen MR) is 169 cm³/mol. The average Bonchev–Trinajstić information content (AvgIpc) is 3.00. The Hall–Kier alpha value is -3.40. The number of carboxylic acid groups (broad SMARTS) is 1. The summed E-state index contributed by atoms with van der Waals surface area (Å²) in [5.74, 6) is -0.0515. The molecule has 43 heavy (non-hydrogen) atoms. The number of hydrogen-bond acceptors (Lipinski definition) is 4. The maximum absolute atomic E-state index is 14.2. The van der Waals surface area contributed by atoms with E-state index >= 15 is 0 Å². The van der Waals surface area contributed by atoms with Crippen molar-refractivity contribution in [1.82, 2.24) is 15.1 Å². The standard InChI is InChI=1S/C33H34BrClFN3O4/c1-2-38(20-23-7-3-4-8-28(23)35)32(40)31-26(17-25-18-37-19-29(31)39(25)33(41)42)22-11-9-21(10-12-22)6-5-15-43-30-16-24(36)13-14-27(30)34/h3-4,7-14,16,25,29,37H,2,5-6,15,17-20H2,1H3,(H,41,42)/t25-,29-/m1/s1. The number of fused-ring (bicyclic) bond motifs is 2. The summed E-state index contributed by atoms with van der Waals surface area (Å²) in [6.07, 6.45) is 0.932. The number of hydrogen-bond donors (Lipinski definition) is 2. The van der Waals surface area contributed by atoms with Crippen LogP contribution in [0.4, 0.5) is 9.18 Å². The van der Waals surface area contributed by atoms with Crippen molar-refractivity contribution in [2.24, 2.45) is 0 Å². The van der Waals surface area contributed by atoms with Gasteiger partial charge in [-0.3, -0.25) is 9.69 Å². The van der Waals surface area contributed by atoms with E-state index in [1.807, 2.05) is 49.4 Å². The van der Waals surface area contributed by atoms with Gasteiger partial charge in [-0.1, -0.05) is 54.1 Å². The van der Waals surface area contributed by atoms with E-state index in [4.69, 9.17) is 16.3 Å². The van der Waals surface area contributed by atoms with Gasteiger partial charge in [-0.25, -0.2) is 9.18 Å². The molecule has 2 amide bonds. The molecule has 2 heterocycles. The number of benzene rings is 3. The van der Waals surface area contributed by atoms with Gasteiger partial charge in [-0.2, -0.15) is 0 Å². The van der Waals surface area contributed by atoms with E-state index < -0.39 is 12.1 Å². The second-order valence-electron chi connectivity index (χ2n) is 10.7. The second kappa shape index (κ2) is 13.9. The van der Waals surface area contributed by atoms with Crippen molar-refractivity contribution in [3.05, 3.63) is 104 Å². The molecule has 1 saturated heterocycles. The zero-order valence-corrected chi connectivity index (χ0v) is 26.2. The average molecular weight is 671 g/mol. The van der Waals surface area contributed by atoms with E-state index in [2.05, 4.69) is 21.2 Å². The van der Waals surface area contributed by atoms with Crippen molar-refractivity contribution < 1.29 is 23.8 Å². The summed E-state index contributed by atoms with van der Waals surface area (Å²) in [6.45, 7) is 4.04. The zero-order valence-electron chi connectivity index (χ0n) is 23.9. The molecule has 7 nitrogen and oxygen atoms in total. The van der Waals surface area contributed by atoms with Crippen molar-refractivity contribution in [3.63, 3.8) is 0 Å². The smallest absolute Gasteiger partial charge is 0.408 e. The van der Waals surface area contributed by atoms with Crippen LogP contribution in [0.25, 0.3) is 5.57 Å². The van der Waals surface area contributed by atoms with Crippen LogP contribution in [-0.2, 0) is 17.8 Å². The van der Waals surface area contributed by atoms with Crippen LogP contribution in [0.15, 0.2) is 76.8 Å². The van der Waals surface area contributed by atoms with Crippen LogP contribution in [-0.4, -0.2) is 65.2 Å². The van der Waals surface area contributed by atoms with E-state index in [-0.39, 0.29) is 17.8 Å². The molecule has 2 aliphatic heterocycles. The number of carbonyl (C=O) groups is 2. The van der Waals surface area contributed by atoms with Gasteiger partial charge < -0.3 is 20.1 Å². The van der Waals surface area contributed by atoms with Gasteiger partial charge in [-0.15, -0.1) is 0 Å². The Bertz CT molecular complexity index is 1520. The number of amides is 2. The Balaban J connectivity index is 1.38. The van der Waals surface area contributed by atoms with Crippen molar-refractivity contribution in [3.8, 4) is 5.75 Å². The molecule has 2 aliphatic rings. The van der Waals surface area contributed by atoms with Gasteiger partial charge in [0.2, 0.25) is 0 Å². The first-order valence-corrected chi connectivity index (χ1v) is 15.6. The number of nitrogens with zero attached hydrogens (tertiary/aromatic N) is 2. The van der Waals surface area contributed by atoms with Crippen LogP contribution in [0.3, 0.4) is 0 Å². The summed E-state index contributed by atoms with van der Waals surface area (Å²) in [6, 6.07) is 19.1. The molecule has 0 spiro atoms. The van der Waals surface area contributed by atoms with Crippen LogP contribution in [0.1, 0.15) is 36.5 Å². The zero-order chi connectivity index (χ0) is 30.5. The first-order valence-electron chi connectivity index (χ1n) is 14.4. The molecule has 0 aliphatic carbocycles. The van der Waals surface area contributed by atoms with Crippen LogP contribution in [0.2, 0.25) is 5.02 Å². The summed E-state index contributed by atoms with van der Waals surface area (Å²) < 4.78 is 20.0. The van der Waals surface area contributed by atoms with Crippen LogP contribution in [0.5, 0.6) is 5.75 Å². The molecule has 5 rings (SSSR count). The van der Waals surface area contributed by atoms with Crippen LogP contribution >= 0.6 is 27.5 Å². The Morgan fingerprint density at radius 2 is 1.91 bits per heavy atom. The molecular formula is C33H34BrClFN3O4. The fourth-order valence-electron chi connectivity index (χ4n) is 5.88. The number of halogens is 3. The van der Waals surface area contributed by atoms with Gasteiger partial charge in [0.05, 0.1) is 23.2 Å². The summed E-state index contributed by atoms with van der Waals surface area (Å²) in [5.41, 5.74) is 4.27. The Kier molecular flexibility index (Phi) is 10.1. The molecule has 0 radical (unpaired) electrons. The third-order valence-corrected chi connectivity index (χ3v) is 9.07. The molecule has 1 fully saturated rings. The predicted octanol–water partition coefficient (Wildman–Crippen LogP) is 6.78. The van der Waals surface area contributed by atoms with Gasteiger partial charge in [0.25, 0.3) is 5.91 Å². The highest BCUT2D eigenvalue weighted by Crippen LogP contribution is 2.38. The van der Waals surface area contributed by atoms with Crippen LogP contribution < -0.4 is 10.1 Å². The Labute approximate surface area is 264 Å². The van der Waals surface area contributed by atoms with Crippen LogP contribution in [0, 0.1) is 5.82 Å². The lowest BCUT2D eigenvalue weighted by Gasteiger charge is -2.47. The third-order valence-electron chi connectivity index (χ3n) is 8.05. The van der Waals surface area contributed by atoms with Gasteiger partial charge >= 0.3 is 6.09 Å². The first kappa shape index (κ1) is 31.0. The molecule has 3 aromatic rings. The lowest BCUT2D eigenvalue weighted by atomic mass is 9.81. The minimum atomic E-state index is -1.02. The van der Waals surface area contributed by atoms with E-state index in [1.165, 1.54) is 17.0 Å². The third kappa shape index (κ3) is 7.06. The molecular weight excluding hydrogens is 637 g/mol. The van der Waals surface area contributed by atoms with E-state index in [0.29, 0.717) is 60.0 Å². The molecule has 3 aromatic carbocycles. The van der Waals surface area contributed by atoms with Gasteiger partial charge in [-0.05, 0) is 82.6 Å². The molecule has 10 heteroatoms. The lowest BCUT2D eigenvalue weighted by Crippen LogP contribution is -2.63. The van der Waals surface area contributed by atoms with E-state index in [9.17, 15) is 19.1 Å². The van der Waals surface area contributed by atoms with Crippen molar-refractivity contribution in [2.45, 2.75) is 44.8 Å². The SMILES string of the molecule is CCN(Cc1ccccc1Cl)C(=O)C1=C(c2ccc(CCCOc3cc(F)ccc3Br)cc2)C[C@@H]2CNC[C@H]1N2C(=O)O. The molecule has 2 atom stereocenters. The maximum Gasteiger partial charge on any atom is 0.408 e. The first-order chi connectivity index (χ1) is 20.8. The maximum atomic E-state index is 14.2. The highest BCUT2D eigenvalue weighted by atomic mass is 79.9. The summed E-state index contributed by atoms with van der Waals surface area (Å²) in [7, 11) is 0. The number of likely N-dealkylation sites (N-methyl/N-ethyl adjacent to an activating group) is 1. The topological polar surface area (TPSA) is 82.1 Å². The second-order valence-corrected chi connectivity index (χ2v) is 12.0. The number of piperazine rings is 1. The largest absolute Gasteiger partial charge is 0.492 e. The number of ether oxygens (including phenoxy) is 1. The highest BCUT2D eigenvalue weighted by molar-refractivity contribution is 9.10. The molecule has 2 bridgehead atoms. The number of carbonyl (C=O) groups excluding carboxylic acids is 1. The highest BCUT2D eigenvalue weighted by Gasteiger charge is 2.45. The van der Waals surface area contributed by atoms with Gasteiger partial charge in [0, 0.05) is 42.8 Å². The molecule has 0 aromatic heterocycles. The molecule has 0 saturated carbocycles. The van der Waals surface area contributed by atoms with Gasteiger partial charge in [0.1, 0.15) is 11.6 Å². The summed E-state index contributed by atoms with van der Waals surface area (Å²) in [5, 5.41) is 14.0. The fraction of sp³-hybridized carbons (Fsp3) is 0.333. The van der Waals surface area contributed by atoms with E-state index in [0.717, 1.165) is 35.1 Å². The van der Waals surface area contributed by atoms with E-state index in [1.54, 1.807) is 17.0 Å². The van der Waals surface area contributed by atoms with Gasteiger partial charge in [0.15, 0.2) is 0 Å². The lowest BCUT2D eigenvalue weighted by molar-refractivity contribution is -0.128. The Morgan fingerprint density at radius 1 is 1.14 bits per heavy atom. The Morgan fingerprint density at radius 3 is 2.63 bits per heavy atom. The summed E-state index contributed by atoms with van der Waals surface area (Å²) >= 11 is 9.80. The van der Waals surface area contributed by atoms with Crippen molar-refractivity contribution >= 4 is 45.1 Å². The van der Waals surface area contributed by atoms with Crippen molar-refractivity contribution in [2.75, 3.05) is 26.2 Å². The number of aryl methyl sites for hydroxylation is 1. The van der Waals surface area contributed by atoms with Crippen molar-refractivity contribution in [1.29, 1.82) is 0 Å².